The van der Waals surface area contributed by atoms with Gasteiger partial charge in [-0.15, -0.1) is 0 Å². The van der Waals surface area contributed by atoms with Crippen molar-refractivity contribution in [1.29, 1.82) is 0 Å². The molecule has 1 aliphatic rings. The normalized spacial score (nSPS) is 19.9. The van der Waals surface area contributed by atoms with Crippen molar-refractivity contribution in [3.8, 4) is 0 Å². The Morgan fingerprint density at radius 1 is 1.38 bits per heavy atom. The lowest BCUT2D eigenvalue weighted by atomic mass is 10.2. The van der Waals surface area contributed by atoms with Gasteiger partial charge in [0.15, 0.2) is 0 Å². The maximum atomic E-state index is 5.70. The second-order valence-corrected chi connectivity index (χ2v) is 2.36. The molecule has 0 heterocycles. The van der Waals surface area contributed by atoms with Crippen molar-refractivity contribution < 1.29 is 0 Å². The highest BCUT2D eigenvalue weighted by molar-refractivity contribution is 6.31. The minimum absolute atomic E-state index is 0.891. The van der Waals surface area contributed by atoms with Gasteiger partial charge in [0.25, 0.3) is 0 Å². The highest BCUT2D eigenvalue weighted by Gasteiger charge is 1.89. The average Bonchev–Trinajstić information content (AvgIpc) is 1.94. The van der Waals surface area contributed by atoms with Crippen molar-refractivity contribution in [2.24, 2.45) is 0 Å². The molecule has 0 aromatic heterocycles. The Hall–Kier alpha value is -0.230. The van der Waals surface area contributed by atoms with Crippen LogP contribution in [0.5, 0.6) is 0 Å². The smallest absolute Gasteiger partial charge is 0.0362 e. The molecule has 0 amide bonds. The SMILES string of the molecule is ClC1=CCCCC=C1. The topological polar surface area (TPSA) is 0 Å². The fourth-order valence-electron chi connectivity index (χ4n) is 0.740. The Morgan fingerprint density at radius 3 is 3.12 bits per heavy atom. The molecule has 0 N–H and O–H groups in total. The summed E-state index contributed by atoms with van der Waals surface area (Å²) in [5.74, 6) is 0. The van der Waals surface area contributed by atoms with Crippen molar-refractivity contribution in [2.45, 2.75) is 19.3 Å². The van der Waals surface area contributed by atoms with Gasteiger partial charge in [0.2, 0.25) is 0 Å². The van der Waals surface area contributed by atoms with Gasteiger partial charge in [-0.25, -0.2) is 0 Å². The van der Waals surface area contributed by atoms with E-state index in [0.29, 0.717) is 0 Å². The van der Waals surface area contributed by atoms with Crippen molar-refractivity contribution in [1.82, 2.24) is 0 Å². The van der Waals surface area contributed by atoms with Crippen LogP contribution < -0.4 is 0 Å². The molecule has 0 aromatic rings. The van der Waals surface area contributed by atoms with Crippen LogP contribution in [0, 0.1) is 0 Å². The molecule has 0 saturated heterocycles. The zero-order valence-electron chi connectivity index (χ0n) is 4.73. The fraction of sp³-hybridized carbons (Fsp3) is 0.429. The minimum Gasteiger partial charge on any atom is -0.0847 e. The van der Waals surface area contributed by atoms with Crippen molar-refractivity contribution in [3.05, 3.63) is 23.3 Å². The fourth-order valence-corrected chi connectivity index (χ4v) is 0.938. The molecule has 1 heteroatoms. The molecule has 0 unspecified atom stereocenters. The van der Waals surface area contributed by atoms with Gasteiger partial charge in [-0.05, 0) is 25.3 Å². The quantitative estimate of drug-likeness (QED) is 0.471. The summed E-state index contributed by atoms with van der Waals surface area (Å²) >= 11 is 5.70. The molecule has 1 rings (SSSR count). The van der Waals surface area contributed by atoms with Crippen LogP contribution in [0.25, 0.3) is 0 Å². The molecule has 0 radical (unpaired) electrons. The Bertz CT molecular complexity index is 122. The second kappa shape index (κ2) is 2.93. The summed E-state index contributed by atoms with van der Waals surface area (Å²) in [6.07, 6.45) is 9.69. The summed E-state index contributed by atoms with van der Waals surface area (Å²) in [6, 6.07) is 0. The van der Waals surface area contributed by atoms with Crippen LogP contribution in [-0.4, -0.2) is 0 Å². The first-order chi connectivity index (χ1) is 3.89. The average molecular weight is 129 g/mol. The molecule has 8 heavy (non-hydrogen) atoms. The van der Waals surface area contributed by atoms with Crippen molar-refractivity contribution in [2.75, 3.05) is 0 Å². The third kappa shape index (κ3) is 1.71. The molecular formula is C7H9Cl. The van der Waals surface area contributed by atoms with Crippen LogP contribution in [0.3, 0.4) is 0 Å². The van der Waals surface area contributed by atoms with Crippen LogP contribution in [-0.2, 0) is 0 Å². The van der Waals surface area contributed by atoms with E-state index in [0.717, 1.165) is 11.5 Å². The lowest BCUT2D eigenvalue weighted by Gasteiger charge is -1.82. The Morgan fingerprint density at radius 2 is 2.25 bits per heavy atom. The zero-order chi connectivity index (χ0) is 5.82. The van der Waals surface area contributed by atoms with E-state index >= 15 is 0 Å². The molecule has 44 valence electrons. The molecule has 0 atom stereocenters. The first-order valence-electron chi connectivity index (χ1n) is 2.92. The van der Waals surface area contributed by atoms with E-state index < -0.39 is 0 Å². The highest BCUT2D eigenvalue weighted by atomic mass is 35.5. The molecule has 1 aliphatic carbocycles. The van der Waals surface area contributed by atoms with Crippen molar-refractivity contribution >= 4 is 11.6 Å². The summed E-state index contributed by atoms with van der Waals surface area (Å²) in [5, 5.41) is 0.891. The maximum absolute atomic E-state index is 5.70. The molecule has 0 fully saturated rings. The number of rotatable bonds is 0. The predicted octanol–water partition coefficient (Wildman–Crippen LogP) is 2.85. The maximum Gasteiger partial charge on any atom is 0.0362 e. The molecule has 0 saturated carbocycles. The molecule has 0 bridgehead atoms. The van der Waals surface area contributed by atoms with Gasteiger partial charge in [0.1, 0.15) is 0 Å². The Kier molecular flexibility index (Phi) is 2.16. The minimum atomic E-state index is 0.891. The third-order valence-corrected chi connectivity index (χ3v) is 1.47. The van der Waals surface area contributed by atoms with Gasteiger partial charge in [-0.2, -0.15) is 0 Å². The van der Waals surface area contributed by atoms with Gasteiger partial charge in [-0.3, -0.25) is 0 Å². The number of halogens is 1. The van der Waals surface area contributed by atoms with Gasteiger partial charge in [0, 0.05) is 5.03 Å². The van der Waals surface area contributed by atoms with E-state index in [-0.39, 0.29) is 0 Å². The first kappa shape index (κ1) is 5.90. The monoisotopic (exact) mass is 128 g/mol. The largest absolute Gasteiger partial charge is 0.0847 e. The predicted molar refractivity (Wildman–Crippen MR) is 36.9 cm³/mol. The van der Waals surface area contributed by atoms with E-state index in [4.69, 9.17) is 11.6 Å². The summed E-state index contributed by atoms with van der Waals surface area (Å²) < 4.78 is 0. The molecule has 0 aromatic carbocycles. The molecule has 0 nitrogen and oxygen atoms in total. The zero-order valence-corrected chi connectivity index (χ0v) is 5.49. The van der Waals surface area contributed by atoms with Crippen LogP contribution in [0.1, 0.15) is 19.3 Å². The van der Waals surface area contributed by atoms with E-state index in [9.17, 15) is 0 Å². The summed E-state index contributed by atoms with van der Waals surface area (Å²) in [5.41, 5.74) is 0. The molecular weight excluding hydrogens is 120 g/mol. The van der Waals surface area contributed by atoms with Crippen LogP contribution in [0.4, 0.5) is 0 Å². The Balaban J connectivity index is 2.55. The lowest BCUT2D eigenvalue weighted by molar-refractivity contribution is 0.875. The van der Waals surface area contributed by atoms with Gasteiger partial charge in [-0.1, -0.05) is 23.8 Å². The van der Waals surface area contributed by atoms with Crippen LogP contribution >= 0.6 is 11.6 Å². The first-order valence-corrected chi connectivity index (χ1v) is 3.29. The molecule has 0 aliphatic heterocycles. The standard InChI is InChI=1S/C7H9Cl/c8-7-5-3-1-2-4-6-7/h3,5-6H,1-2,4H2. The second-order valence-electron chi connectivity index (χ2n) is 1.92. The summed E-state index contributed by atoms with van der Waals surface area (Å²) in [6.45, 7) is 0. The van der Waals surface area contributed by atoms with Crippen LogP contribution in [0.2, 0.25) is 0 Å². The number of hydrogen-bond acceptors (Lipinski definition) is 0. The summed E-state index contributed by atoms with van der Waals surface area (Å²) in [7, 11) is 0. The highest BCUT2D eigenvalue weighted by Crippen LogP contribution is 2.12. The van der Waals surface area contributed by atoms with E-state index in [1.54, 1.807) is 0 Å². The van der Waals surface area contributed by atoms with E-state index in [2.05, 4.69) is 12.2 Å². The van der Waals surface area contributed by atoms with Crippen molar-refractivity contribution in [3.63, 3.8) is 0 Å². The molecule has 0 spiro atoms. The van der Waals surface area contributed by atoms with Gasteiger partial charge in [0.05, 0.1) is 0 Å². The Labute approximate surface area is 54.8 Å². The van der Waals surface area contributed by atoms with Crippen LogP contribution in [0.15, 0.2) is 23.3 Å². The number of allylic oxidation sites excluding steroid dienone is 4. The summed E-state index contributed by atoms with van der Waals surface area (Å²) in [4.78, 5) is 0. The van der Waals surface area contributed by atoms with Gasteiger partial charge >= 0.3 is 0 Å². The lowest BCUT2D eigenvalue weighted by Crippen LogP contribution is -1.63. The van der Waals surface area contributed by atoms with Gasteiger partial charge < -0.3 is 0 Å². The van der Waals surface area contributed by atoms with E-state index in [1.165, 1.54) is 12.8 Å². The third-order valence-electron chi connectivity index (χ3n) is 1.19. The van der Waals surface area contributed by atoms with E-state index in [1.807, 2.05) is 6.08 Å². The number of hydrogen-bond donors (Lipinski definition) is 0.